The Hall–Kier alpha value is -5.11. The number of pyridine rings is 1. The summed E-state index contributed by atoms with van der Waals surface area (Å²) < 4.78 is 33.2. The van der Waals surface area contributed by atoms with Gasteiger partial charge in [-0.1, -0.05) is 53.5 Å². The van der Waals surface area contributed by atoms with Gasteiger partial charge in [0.25, 0.3) is 5.91 Å². The number of ether oxygens (including phenoxy) is 3. The lowest BCUT2D eigenvalue weighted by Crippen LogP contribution is -2.66. The molecule has 0 unspecified atom stereocenters. The third-order valence-corrected chi connectivity index (χ3v) is 12.5. The van der Waals surface area contributed by atoms with Crippen molar-refractivity contribution < 1.29 is 48.0 Å². The molecule has 4 aliphatic rings. The second-order valence-corrected chi connectivity index (χ2v) is 15.9. The van der Waals surface area contributed by atoms with Crippen molar-refractivity contribution in [3.05, 3.63) is 117 Å². The van der Waals surface area contributed by atoms with Crippen molar-refractivity contribution in [1.29, 1.82) is 0 Å². The molecule has 4 aromatic rings. The molecule has 4 aliphatic heterocycles. The van der Waals surface area contributed by atoms with Crippen molar-refractivity contribution in [2.75, 3.05) is 45.3 Å². The Labute approximate surface area is 346 Å². The summed E-state index contributed by atoms with van der Waals surface area (Å²) in [5.74, 6) is -2.68. The maximum absolute atomic E-state index is 15.3. The Bertz CT molecular complexity index is 2160. The number of carboxylic acids is 1. The quantitative estimate of drug-likeness (QED) is 0.134. The summed E-state index contributed by atoms with van der Waals surface area (Å²) in [7, 11) is 2.95. The van der Waals surface area contributed by atoms with Crippen molar-refractivity contribution in [2.24, 2.45) is 5.92 Å². The molecular formula is C43H45Cl2FN4O8. The minimum Gasteiger partial charge on any atom is -0.548 e. The van der Waals surface area contributed by atoms with Crippen LogP contribution in [-0.2, 0) is 22.5 Å². The van der Waals surface area contributed by atoms with Crippen LogP contribution in [-0.4, -0.2) is 85.0 Å². The maximum Gasteiger partial charge on any atom is 0.415 e. The number of aromatic nitrogens is 1. The summed E-state index contributed by atoms with van der Waals surface area (Å²) in [4.78, 5) is 47.5. The van der Waals surface area contributed by atoms with Crippen LogP contribution in [0.2, 0.25) is 10.0 Å². The zero-order chi connectivity index (χ0) is 41.1. The summed E-state index contributed by atoms with van der Waals surface area (Å²) in [5, 5.41) is 24.1. The molecule has 0 spiro atoms. The Morgan fingerprint density at radius 2 is 1.69 bits per heavy atom. The van der Waals surface area contributed by atoms with Gasteiger partial charge >= 0.3 is 6.09 Å². The molecule has 2 amide bonds. The van der Waals surface area contributed by atoms with E-state index >= 15 is 4.39 Å². The van der Waals surface area contributed by atoms with Gasteiger partial charge in [0.05, 0.1) is 38.0 Å². The first-order valence-corrected chi connectivity index (χ1v) is 20.1. The first-order valence-electron chi connectivity index (χ1n) is 19.3. The summed E-state index contributed by atoms with van der Waals surface area (Å²) in [5.41, 5.74) is -0.404. The van der Waals surface area contributed by atoms with E-state index in [2.05, 4.69) is 4.90 Å². The molecular weight excluding hydrogens is 790 g/mol. The number of benzene rings is 3. The van der Waals surface area contributed by atoms with Gasteiger partial charge in [-0.05, 0) is 105 Å². The SMILES string of the molecule is COc1ccc([C@H](Cc2c(Cl)c[n+](O)cc2Cl)[C@]2(C(=O)[O-])CCCCN2C(=O)c2cccc(CN(C(=O)O[C@H]3CN4CCC3CC4)c3ccccc3F)c2)cc1OC. The van der Waals surface area contributed by atoms with Crippen LogP contribution in [0.1, 0.15) is 65.1 Å². The number of carbonyl (C=O) groups excluding carboxylic acids is 3. The lowest BCUT2D eigenvalue weighted by molar-refractivity contribution is -0.904. The molecule has 12 nitrogen and oxygen atoms in total. The molecule has 306 valence electrons. The van der Waals surface area contributed by atoms with Crippen molar-refractivity contribution in [3.8, 4) is 11.5 Å². The van der Waals surface area contributed by atoms with E-state index in [1.807, 2.05) is 0 Å². The van der Waals surface area contributed by atoms with Crippen LogP contribution < -0.4 is 24.2 Å². The second-order valence-electron chi connectivity index (χ2n) is 15.1. The zero-order valence-electron chi connectivity index (χ0n) is 32.2. The number of fused-ring (bicyclic) bond motifs is 3. The summed E-state index contributed by atoms with van der Waals surface area (Å²) >= 11 is 13.2. The molecule has 15 heteroatoms. The number of para-hydroxylation sites is 1. The number of nitrogens with zero attached hydrogens (tertiary/aromatic N) is 4. The molecule has 1 aromatic heterocycles. The van der Waals surface area contributed by atoms with Crippen molar-refractivity contribution >= 4 is 46.9 Å². The number of anilines is 1. The van der Waals surface area contributed by atoms with Crippen LogP contribution in [0, 0.1) is 11.7 Å². The Morgan fingerprint density at radius 1 is 0.966 bits per heavy atom. The number of aliphatic carboxylic acids is 1. The fraction of sp³-hybridized carbons (Fsp3) is 0.395. The predicted molar refractivity (Wildman–Crippen MR) is 211 cm³/mol. The van der Waals surface area contributed by atoms with Crippen LogP contribution in [0.15, 0.2) is 79.1 Å². The molecule has 0 saturated carbocycles. The van der Waals surface area contributed by atoms with Crippen LogP contribution >= 0.6 is 23.2 Å². The van der Waals surface area contributed by atoms with Crippen LogP contribution in [0.5, 0.6) is 11.5 Å². The maximum atomic E-state index is 15.3. The lowest BCUT2D eigenvalue weighted by atomic mass is 9.70. The van der Waals surface area contributed by atoms with Gasteiger partial charge in [-0.25, -0.2) is 9.18 Å². The summed E-state index contributed by atoms with van der Waals surface area (Å²) in [6.07, 6.45) is 4.27. The monoisotopic (exact) mass is 834 g/mol. The van der Waals surface area contributed by atoms with E-state index in [1.165, 1.54) is 54.6 Å². The number of hydrogen-bond donors (Lipinski definition) is 1. The van der Waals surface area contributed by atoms with E-state index in [0.29, 0.717) is 52.3 Å². The summed E-state index contributed by atoms with van der Waals surface area (Å²) in [6, 6.07) is 17.5. The highest BCUT2D eigenvalue weighted by atomic mass is 35.5. The van der Waals surface area contributed by atoms with Crippen molar-refractivity contribution in [1.82, 2.24) is 9.80 Å². The highest BCUT2D eigenvalue weighted by Gasteiger charge is 2.50. The topological polar surface area (TPSA) is 136 Å². The fourth-order valence-corrected chi connectivity index (χ4v) is 9.47. The zero-order valence-corrected chi connectivity index (χ0v) is 33.8. The number of piperidine rings is 4. The average Bonchev–Trinajstić information content (AvgIpc) is 3.22. The molecule has 58 heavy (non-hydrogen) atoms. The Kier molecular flexibility index (Phi) is 12.3. The molecule has 3 aromatic carbocycles. The molecule has 4 fully saturated rings. The van der Waals surface area contributed by atoms with E-state index in [0.717, 1.165) is 25.9 Å². The van der Waals surface area contributed by atoms with E-state index < -0.39 is 35.2 Å². The van der Waals surface area contributed by atoms with E-state index in [-0.39, 0.29) is 59.2 Å². The Balaban J connectivity index is 1.25. The van der Waals surface area contributed by atoms with Gasteiger partial charge in [-0.15, -0.1) is 0 Å². The van der Waals surface area contributed by atoms with Crippen LogP contribution in [0.3, 0.4) is 0 Å². The van der Waals surface area contributed by atoms with Crippen LogP contribution in [0.25, 0.3) is 0 Å². The number of carbonyl (C=O) groups is 3. The largest absolute Gasteiger partial charge is 0.548 e. The minimum atomic E-state index is -1.93. The Morgan fingerprint density at radius 3 is 2.34 bits per heavy atom. The van der Waals surface area contributed by atoms with Gasteiger partial charge in [0.15, 0.2) is 11.5 Å². The smallest absolute Gasteiger partial charge is 0.415 e. The number of amides is 2. The first kappa shape index (κ1) is 41.1. The molecule has 0 aliphatic carbocycles. The highest BCUT2D eigenvalue weighted by Crippen LogP contribution is 2.46. The fourth-order valence-electron chi connectivity index (χ4n) is 8.87. The molecule has 2 bridgehead atoms. The summed E-state index contributed by atoms with van der Waals surface area (Å²) in [6.45, 7) is 2.49. The third kappa shape index (κ3) is 8.12. The van der Waals surface area contributed by atoms with Crippen molar-refractivity contribution in [2.45, 2.75) is 62.6 Å². The van der Waals surface area contributed by atoms with E-state index in [4.69, 9.17) is 37.4 Å². The van der Waals surface area contributed by atoms with E-state index in [1.54, 1.807) is 48.5 Å². The van der Waals surface area contributed by atoms with Gasteiger partial charge < -0.3 is 29.0 Å². The standard InChI is InChI=1S/C43H45Cl2FN4O8/c1-56-37-13-12-29(21-38(37)57-2)32(22-31-33(44)24-48(55)25-34(31)45)43(41(52)53)16-5-6-17-50(43)40(51)30-9-7-8-27(20-30)23-49(36-11-4-3-10-35(36)46)42(54)58-39-26-47-18-14-28(39)15-19-47/h3-4,7-13,20-21,24-25,28,32,39H,5-6,14-19,22-23,26H2,1-2H3,(H-,52,53,55)/t32-,39-,43-/m0/s1. The molecule has 1 N–H and O–H groups in total. The van der Waals surface area contributed by atoms with Gasteiger partial charge in [-0.3, -0.25) is 19.8 Å². The number of halogens is 3. The molecule has 0 radical (unpaired) electrons. The number of methoxy groups -OCH3 is 2. The number of hydrogen-bond acceptors (Lipinski definition) is 9. The molecule has 5 heterocycles. The highest BCUT2D eigenvalue weighted by molar-refractivity contribution is 6.35. The van der Waals surface area contributed by atoms with Gasteiger partial charge in [-0.2, -0.15) is 0 Å². The van der Waals surface area contributed by atoms with Gasteiger partial charge in [0, 0.05) is 34.9 Å². The molecule has 8 rings (SSSR count). The van der Waals surface area contributed by atoms with Crippen LogP contribution in [0.4, 0.5) is 14.9 Å². The van der Waals surface area contributed by atoms with E-state index in [9.17, 15) is 24.7 Å². The minimum absolute atomic E-state index is 0.0280. The first-order chi connectivity index (χ1) is 27.9. The normalized spacial score (nSPS) is 21.9. The second kappa shape index (κ2) is 17.4. The predicted octanol–water partition coefficient (Wildman–Crippen LogP) is 6.05. The number of rotatable bonds is 12. The van der Waals surface area contributed by atoms with Gasteiger partial charge in [0.1, 0.15) is 22.0 Å². The average molecular weight is 836 g/mol. The lowest BCUT2D eigenvalue weighted by Gasteiger charge is -2.52. The molecule has 3 atom stereocenters. The molecule has 4 saturated heterocycles. The van der Waals surface area contributed by atoms with Gasteiger partial charge in [0.2, 0.25) is 12.4 Å². The number of carboxylic acid groups (broad SMARTS) is 1. The van der Waals surface area contributed by atoms with Crippen molar-refractivity contribution in [3.63, 3.8) is 0 Å². The third-order valence-electron chi connectivity index (χ3n) is 11.9. The number of likely N-dealkylation sites (tertiary alicyclic amines) is 1.